The molecule has 4 aromatic carbocycles. The Balaban J connectivity index is 1.28. The predicted octanol–water partition coefficient (Wildman–Crippen LogP) is 9.52. The van der Waals surface area contributed by atoms with Crippen LogP contribution >= 0.6 is 11.6 Å². The molecule has 0 radical (unpaired) electrons. The van der Waals surface area contributed by atoms with Gasteiger partial charge in [0.25, 0.3) is 0 Å². The largest absolute Gasteiger partial charge is 0.441 e. The summed E-state index contributed by atoms with van der Waals surface area (Å²) in [6, 6.07) is 33.7. The summed E-state index contributed by atoms with van der Waals surface area (Å²) in [6.45, 7) is 1.78. The molecule has 1 heterocycles. The van der Waals surface area contributed by atoms with E-state index in [2.05, 4.69) is 34.7 Å². The van der Waals surface area contributed by atoms with Crippen molar-refractivity contribution in [3.8, 4) is 33.7 Å². The summed E-state index contributed by atoms with van der Waals surface area (Å²) in [5, 5.41) is 7.74. The van der Waals surface area contributed by atoms with Crippen molar-refractivity contribution in [2.24, 2.45) is 0 Å². The number of benzene rings is 4. The number of ether oxygens (including phenoxy) is 1. The van der Waals surface area contributed by atoms with Crippen LogP contribution < -0.4 is 5.32 Å². The van der Waals surface area contributed by atoms with Gasteiger partial charge in [0.15, 0.2) is 5.76 Å². The molecule has 1 saturated carbocycles. The highest BCUT2D eigenvalue weighted by Gasteiger charge is 2.24. The second-order valence-electron chi connectivity index (χ2n) is 9.77. The van der Waals surface area contributed by atoms with E-state index in [0.29, 0.717) is 22.2 Å². The van der Waals surface area contributed by atoms with Crippen LogP contribution in [0.1, 0.15) is 42.9 Å². The van der Waals surface area contributed by atoms with Gasteiger partial charge in [-0.25, -0.2) is 4.79 Å². The molecule has 6 heteroatoms. The first-order valence-corrected chi connectivity index (χ1v) is 13.4. The number of amides is 1. The lowest BCUT2D eigenvalue weighted by molar-refractivity contribution is 0.121. The fraction of sp³-hybridized carbons (Fsp3) is 0.152. The smallest absolute Gasteiger partial charge is 0.412 e. The Morgan fingerprint density at radius 3 is 2.13 bits per heavy atom. The average molecular weight is 535 g/mol. The summed E-state index contributed by atoms with van der Waals surface area (Å²) < 4.78 is 11.5. The third-order valence-corrected chi connectivity index (χ3v) is 7.38. The first kappa shape index (κ1) is 25.0. The maximum atomic E-state index is 13.0. The van der Waals surface area contributed by atoms with E-state index in [1.165, 1.54) is 18.4 Å². The lowest BCUT2D eigenvalue weighted by Crippen LogP contribution is -2.16. The first-order valence-electron chi connectivity index (χ1n) is 13.0. The Labute approximate surface area is 232 Å². The third-order valence-electron chi connectivity index (χ3n) is 7.03. The molecular weight excluding hydrogens is 508 g/mol. The minimum absolute atomic E-state index is 0.444. The van der Waals surface area contributed by atoms with Crippen molar-refractivity contribution in [3.63, 3.8) is 0 Å². The van der Waals surface area contributed by atoms with Crippen molar-refractivity contribution in [1.29, 1.82) is 0 Å². The van der Waals surface area contributed by atoms with Crippen LogP contribution in [0.2, 0.25) is 5.02 Å². The molecule has 0 unspecified atom stereocenters. The van der Waals surface area contributed by atoms with Gasteiger partial charge in [0.05, 0.1) is 0 Å². The number of aromatic nitrogens is 1. The maximum Gasteiger partial charge on any atom is 0.412 e. The molecule has 1 N–H and O–H groups in total. The summed E-state index contributed by atoms with van der Waals surface area (Å²) in [4.78, 5) is 13.0. The number of hydrogen-bond acceptors (Lipinski definition) is 4. The van der Waals surface area contributed by atoms with Crippen molar-refractivity contribution in [3.05, 3.63) is 119 Å². The third kappa shape index (κ3) is 5.45. The SMILES string of the molecule is C[C@@H](OC(=O)Nc1c(-c2ccccc2)noc1-c1ccc(-c2ccc(C3CC3)cc2)cc1)c1ccccc1Cl. The van der Waals surface area contributed by atoms with Crippen LogP contribution in [-0.2, 0) is 4.74 Å². The second kappa shape index (κ2) is 10.8. The van der Waals surface area contributed by atoms with Gasteiger partial charge in [-0.1, -0.05) is 114 Å². The minimum Gasteiger partial charge on any atom is -0.441 e. The summed E-state index contributed by atoms with van der Waals surface area (Å²) in [5.74, 6) is 1.18. The number of anilines is 1. The van der Waals surface area contributed by atoms with Gasteiger partial charge in [-0.15, -0.1) is 0 Å². The van der Waals surface area contributed by atoms with E-state index in [1.54, 1.807) is 13.0 Å². The molecule has 6 rings (SSSR count). The van der Waals surface area contributed by atoms with Crippen molar-refractivity contribution in [1.82, 2.24) is 5.16 Å². The van der Waals surface area contributed by atoms with Crippen LogP contribution in [0.4, 0.5) is 10.5 Å². The minimum atomic E-state index is -0.628. The van der Waals surface area contributed by atoms with Crippen LogP contribution in [0.15, 0.2) is 108 Å². The number of nitrogens with zero attached hydrogens (tertiary/aromatic N) is 1. The zero-order valence-electron chi connectivity index (χ0n) is 21.4. The van der Waals surface area contributed by atoms with Gasteiger partial charge >= 0.3 is 6.09 Å². The highest BCUT2D eigenvalue weighted by atomic mass is 35.5. The first-order chi connectivity index (χ1) is 19.1. The van der Waals surface area contributed by atoms with Gasteiger partial charge in [0.2, 0.25) is 0 Å². The Bertz CT molecular complexity index is 1590. The molecule has 1 aliphatic carbocycles. The van der Waals surface area contributed by atoms with Crippen LogP contribution in [0, 0.1) is 0 Å². The van der Waals surface area contributed by atoms with E-state index >= 15 is 0 Å². The monoisotopic (exact) mass is 534 g/mol. The number of rotatable bonds is 7. The molecule has 39 heavy (non-hydrogen) atoms. The predicted molar refractivity (Wildman–Crippen MR) is 155 cm³/mol. The number of carbonyl (C=O) groups excluding carboxylic acids is 1. The van der Waals surface area contributed by atoms with E-state index in [9.17, 15) is 4.79 Å². The van der Waals surface area contributed by atoms with Crippen LogP contribution in [0.25, 0.3) is 33.7 Å². The molecule has 1 aromatic heterocycles. The topological polar surface area (TPSA) is 64.4 Å². The van der Waals surface area contributed by atoms with Crippen molar-refractivity contribution < 1.29 is 14.1 Å². The number of carbonyl (C=O) groups is 1. The molecule has 0 aliphatic heterocycles. The van der Waals surface area contributed by atoms with Crippen LogP contribution in [0.3, 0.4) is 0 Å². The van der Waals surface area contributed by atoms with Crippen molar-refractivity contribution in [2.75, 3.05) is 5.32 Å². The Kier molecular flexibility index (Phi) is 6.91. The molecule has 194 valence electrons. The normalized spacial score (nSPS) is 13.6. The van der Waals surface area contributed by atoms with E-state index in [1.807, 2.05) is 72.8 Å². The molecule has 0 bridgehead atoms. The number of hydrogen-bond donors (Lipinski definition) is 1. The van der Waals surface area contributed by atoms with Gasteiger partial charge < -0.3 is 9.26 Å². The van der Waals surface area contributed by atoms with Gasteiger partial charge in [0, 0.05) is 21.7 Å². The van der Waals surface area contributed by atoms with E-state index < -0.39 is 12.2 Å². The summed E-state index contributed by atoms with van der Waals surface area (Å²) in [5.41, 5.74) is 6.97. The number of nitrogens with one attached hydrogen (secondary N) is 1. The van der Waals surface area contributed by atoms with Gasteiger partial charge in [0.1, 0.15) is 17.5 Å². The van der Waals surface area contributed by atoms with Crippen molar-refractivity contribution in [2.45, 2.75) is 31.8 Å². The lowest BCUT2D eigenvalue weighted by atomic mass is 10.00. The molecule has 0 saturated heterocycles. The Hall–Kier alpha value is -4.35. The average Bonchev–Trinajstić information content (AvgIpc) is 3.74. The van der Waals surface area contributed by atoms with Crippen molar-refractivity contribution >= 4 is 23.4 Å². The fourth-order valence-electron chi connectivity index (χ4n) is 4.73. The highest BCUT2D eigenvalue weighted by molar-refractivity contribution is 6.31. The zero-order chi connectivity index (χ0) is 26.8. The quantitative estimate of drug-likeness (QED) is 0.226. The molecule has 1 fully saturated rings. The molecule has 0 spiro atoms. The summed E-state index contributed by atoms with van der Waals surface area (Å²) >= 11 is 6.30. The standard InChI is InChI=1S/C33H27ClN2O3/c1-21(28-9-5-6-10-29(28)34)38-33(37)35-31-30(26-7-3-2-4-8-26)36-39-32(31)27-19-17-25(18-20-27)24-15-13-23(14-16-24)22-11-12-22/h2-10,13-22H,11-12H2,1H3,(H,35,37)/t21-/m1/s1. The fourth-order valence-corrected chi connectivity index (χ4v) is 5.02. The van der Waals surface area contributed by atoms with Gasteiger partial charge in [-0.05, 0) is 48.4 Å². The van der Waals surface area contributed by atoms with E-state index in [4.69, 9.17) is 20.9 Å². The molecule has 1 aliphatic rings. The summed E-state index contributed by atoms with van der Waals surface area (Å²) in [7, 11) is 0. The van der Waals surface area contributed by atoms with Crippen LogP contribution in [-0.4, -0.2) is 11.2 Å². The Morgan fingerprint density at radius 2 is 1.46 bits per heavy atom. The molecule has 1 atom stereocenters. The lowest BCUT2D eigenvalue weighted by Gasteiger charge is -2.15. The maximum absolute atomic E-state index is 13.0. The van der Waals surface area contributed by atoms with Gasteiger partial charge in [-0.2, -0.15) is 0 Å². The number of halogens is 1. The molecular formula is C33H27ClN2O3. The highest BCUT2D eigenvalue weighted by Crippen LogP contribution is 2.41. The molecule has 1 amide bonds. The molecule has 5 nitrogen and oxygen atoms in total. The second-order valence-corrected chi connectivity index (χ2v) is 10.2. The summed E-state index contributed by atoms with van der Waals surface area (Å²) in [6.07, 6.45) is 1.40. The molecule has 5 aromatic rings. The van der Waals surface area contributed by atoms with Crippen LogP contribution in [0.5, 0.6) is 0 Å². The Morgan fingerprint density at radius 1 is 0.846 bits per heavy atom. The van der Waals surface area contributed by atoms with E-state index in [0.717, 1.165) is 33.7 Å². The van der Waals surface area contributed by atoms with E-state index in [-0.39, 0.29) is 0 Å². The van der Waals surface area contributed by atoms with Gasteiger partial charge in [-0.3, -0.25) is 5.32 Å². The zero-order valence-corrected chi connectivity index (χ0v) is 22.2.